The van der Waals surface area contributed by atoms with Gasteiger partial charge in [-0.1, -0.05) is 47.4 Å². The van der Waals surface area contributed by atoms with Gasteiger partial charge in [0.1, 0.15) is 5.57 Å². The fraction of sp³-hybridized carbons (Fsp3) is 0.346. The summed E-state index contributed by atoms with van der Waals surface area (Å²) in [6, 6.07) is 9.88. The molecule has 2 heterocycles. The molecule has 4 amide bonds. The number of nitrogens with one attached hydrogen (secondary N) is 1. The molecule has 2 aromatic rings. The van der Waals surface area contributed by atoms with Crippen molar-refractivity contribution < 1.29 is 14.4 Å². The highest BCUT2D eigenvalue weighted by Gasteiger charge is 2.38. The molecule has 4 rings (SSSR count). The number of barbiturate groups is 1. The Hall–Kier alpha value is -2.64. The fourth-order valence-electron chi connectivity index (χ4n) is 4.94. The molecule has 2 aromatic carbocycles. The first-order valence-electron chi connectivity index (χ1n) is 11.3. The maximum atomic E-state index is 13.3. The van der Waals surface area contributed by atoms with Crippen LogP contribution in [-0.2, 0) is 9.59 Å². The van der Waals surface area contributed by atoms with Crippen molar-refractivity contribution in [1.29, 1.82) is 0 Å². The van der Waals surface area contributed by atoms with Gasteiger partial charge >= 0.3 is 6.03 Å². The summed E-state index contributed by atoms with van der Waals surface area (Å²) in [6.07, 6.45) is 3.46. The first kappa shape index (κ1) is 24.5. The van der Waals surface area contributed by atoms with Crippen molar-refractivity contribution in [3.63, 3.8) is 0 Å². The summed E-state index contributed by atoms with van der Waals surface area (Å²) in [5.41, 5.74) is 3.00. The monoisotopic (exact) mass is 543 g/mol. The minimum atomic E-state index is -0.784. The summed E-state index contributed by atoms with van der Waals surface area (Å²) in [5.74, 6) is -1.15. The van der Waals surface area contributed by atoms with Crippen LogP contribution >= 0.6 is 27.5 Å². The van der Waals surface area contributed by atoms with Crippen LogP contribution in [0.15, 0.2) is 46.4 Å². The molecule has 0 bridgehead atoms. The molecule has 1 N–H and O–H groups in total. The molecule has 0 saturated carbocycles. The summed E-state index contributed by atoms with van der Waals surface area (Å²) >= 11 is 10.0. The van der Waals surface area contributed by atoms with E-state index in [1.54, 1.807) is 24.3 Å². The second-order valence-electron chi connectivity index (χ2n) is 9.44. The number of hydrogen-bond acceptors (Lipinski definition) is 4. The molecule has 0 radical (unpaired) electrons. The standard InChI is InChI=1S/C26H27BrClN3O3/c1-5-9-30-22-13-21(28)16(10-19(22)15(2)14-26(30,3)4)11-20-23(32)29-25(34)31(24(20)33)18-8-6-7-17(27)12-18/h6-8,10-13,15H,5,9,14H2,1-4H3,(H,29,32,34)/b20-11-. The van der Waals surface area contributed by atoms with Gasteiger partial charge in [0.15, 0.2) is 0 Å². The van der Waals surface area contributed by atoms with Crippen LogP contribution in [0.4, 0.5) is 16.2 Å². The van der Waals surface area contributed by atoms with Crippen molar-refractivity contribution in [2.45, 2.75) is 52.0 Å². The number of hydrogen-bond donors (Lipinski definition) is 1. The minimum Gasteiger partial charge on any atom is -0.366 e. The lowest BCUT2D eigenvalue weighted by atomic mass is 9.79. The lowest BCUT2D eigenvalue weighted by Gasteiger charge is -2.47. The van der Waals surface area contributed by atoms with E-state index >= 15 is 0 Å². The van der Waals surface area contributed by atoms with Gasteiger partial charge in [0, 0.05) is 27.3 Å². The van der Waals surface area contributed by atoms with Gasteiger partial charge < -0.3 is 4.90 Å². The van der Waals surface area contributed by atoms with Crippen molar-refractivity contribution in [2.24, 2.45) is 0 Å². The molecule has 1 atom stereocenters. The van der Waals surface area contributed by atoms with Gasteiger partial charge in [-0.2, -0.15) is 0 Å². The fourth-order valence-corrected chi connectivity index (χ4v) is 5.54. The second kappa shape index (κ2) is 9.19. The van der Waals surface area contributed by atoms with Gasteiger partial charge in [-0.25, -0.2) is 9.69 Å². The highest BCUT2D eigenvalue weighted by molar-refractivity contribution is 9.10. The average Bonchev–Trinajstić information content (AvgIpc) is 2.74. The number of carbonyl (C=O) groups excluding carboxylic acids is 3. The van der Waals surface area contributed by atoms with E-state index in [-0.39, 0.29) is 17.0 Å². The Morgan fingerprint density at radius 1 is 1.21 bits per heavy atom. The van der Waals surface area contributed by atoms with Crippen LogP contribution in [-0.4, -0.2) is 29.9 Å². The molecule has 2 aliphatic heterocycles. The van der Waals surface area contributed by atoms with E-state index in [9.17, 15) is 14.4 Å². The van der Waals surface area contributed by atoms with E-state index in [2.05, 4.69) is 53.8 Å². The number of benzene rings is 2. The highest BCUT2D eigenvalue weighted by atomic mass is 79.9. The van der Waals surface area contributed by atoms with Crippen LogP contribution < -0.4 is 15.1 Å². The van der Waals surface area contributed by atoms with Crippen molar-refractivity contribution >= 4 is 62.8 Å². The quantitative estimate of drug-likeness (QED) is 0.364. The van der Waals surface area contributed by atoms with Crippen molar-refractivity contribution in [1.82, 2.24) is 5.32 Å². The van der Waals surface area contributed by atoms with Gasteiger partial charge in [0.2, 0.25) is 0 Å². The van der Waals surface area contributed by atoms with E-state index in [1.165, 1.54) is 6.08 Å². The average molecular weight is 545 g/mol. The van der Waals surface area contributed by atoms with E-state index in [0.29, 0.717) is 20.7 Å². The van der Waals surface area contributed by atoms with Crippen LogP contribution in [0.25, 0.3) is 6.08 Å². The third-order valence-corrected chi connectivity index (χ3v) is 7.24. The molecule has 6 nitrogen and oxygen atoms in total. The number of fused-ring (bicyclic) bond motifs is 1. The Balaban J connectivity index is 1.78. The number of amides is 4. The first-order chi connectivity index (χ1) is 16.0. The molecule has 8 heteroatoms. The van der Waals surface area contributed by atoms with Gasteiger partial charge in [0.25, 0.3) is 11.8 Å². The molecule has 1 fully saturated rings. The lowest BCUT2D eigenvalue weighted by Crippen LogP contribution is -2.54. The number of rotatable bonds is 4. The van der Waals surface area contributed by atoms with E-state index in [0.717, 1.165) is 35.5 Å². The normalized spacial score (nSPS) is 21.1. The minimum absolute atomic E-state index is 0.00419. The highest BCUT2D eigenvalue weighted by Crippen LogP contribution is 2.45. The predicted octanol–water partition coefficient (Wildman–Crippen LogP) is 6.27. The van der Waals surface area contributed by atoms with Crippen molar-refractivity contribution in [2.75, 3.05) is 16.3 Å². The number of anilines is 2. The van der Waals surface area contributed by atoms with E-state index in [1.807, 2.05) is 12.1 Å². The molecule has 178 valence electrons. The number of carbonyl (C=O) groups is 3. The van der Waals surface area contributed by atoms with Gasteiger partial charge in [-0.05, 0) is 80.1 Å². The van der Waals surface area contributed by atoms with Crippen LogP contribution in [0.2, 0.25) is 5.02 Å². The molecule has 34 heavy (non-hydrogen) atoms. The Morgan fingerprint density at radius 2 is 1.94 bits per heavy atom. The van der Waals surface area contributed by atoms with E-state index in [4.69, 9.17) is 11.6 Å². The molecule has 0 aromatic heterocycles. The summed E-state index contributed by atoms with van der Waals surface area (Å²) in [5, 5.41) is 2.71. The number of urea groups is 1. The third-order valence-electron chi connectivity index (χ3n) is 6.42. The Kier molecular flexibility index (Phi) is 6.62. The Bertz CT molecular complexity index is 1220. The van der Waals surface area contributed by atoms with Crippen LogP contribution in [0.1, 0.15) is 57.6 Å². The molecular weight excluding hydrogens is 518 g/mol. The zero-order chi connectivity index (χ0) is 24.8. The van der Waals surface area contributed by atoms with Crippen LogP contribution in [0.5, 0.6) is 0 Å². The maximum absolute atomic E-state index is 13.3. The maximum Gasteiger partial charge on any atom is 0.335 e. The molecule has 1 unspecified atom stereocenters. The molecule has 0 spiro atoms. The smallest absolute Gasteiger partial charge is 0.335 e. The summed E-state index contributed by atoms with van der Waals surface area (Å²) < 4.78 is 0.708. The van der Waals surface area contributed by atoms with Crippen molar-refractivity contribution in [3.8, 4) is 0 Å². The summed E-state index contributed by atoms with van der Waals surface area (Å²) in [4.78, 5) is 41.7. The topological polar surface area (TPSA) is 69.7 Å². The first-order valence-corrected chi connectivity index (χ1v) is 12.5. The largest absolute Gasteiger partial charge is 0.366 e. The zero-order valence-electron chi connectivity index (χ0n) is 19.6. The third kappa shape index (κ3) is 4.39. The van der Waals surface area contributed by atoms with Gasteiger partial charge in [-0.15, -0.1) is 0 Å². The number of nitrogens with zero attached hydrogens (tertiary/aromatic N) is 2. The number of halogens is 2. The van der Waals surface area contributed by atoms with Crippen LogP contribution in [0.3, 0.4) is 0 Å². The Labute approximate surface area is 213 Å². The summed E-state index contributed by atoms with van der Waals surface area (Å²) in [6.45, 7) is 9.73. The van der Waals surface area contributed by atoms with Crippen LogP contribution in [0, 0.1) is 0 Å². The van der Waals surface area contributed by atoms with Gasteiger partial charge in [-0.3, -0.25) is 14.9 Å². The SMILES string of the molecule is CCCN1c2cc(Cl)c(/C=C3/C(=O)NC(=O)N(c4cccc(Br)c4)C3=O)cc2C(C)CC1(C)C. The zero-order valence-corrected chi connectivity index (χ0v) is 22.0. The molecule has 2 aliphatic rings. The van der Waals surface area contributed by atoms with Crippen molar-refractivity contribution in [3.05, 3.63) is 62.6 Å². The predicted molar refractivity (Wildman–Crippen MR) is 139 cm³/mol. The second-order valence-corrected chi connectivity index (χ2v) is 10.8. The lowest BCUT2D eigenvalue weighted by molar-refractivity contribution is -0.122. The van der Waals surface area contributed by atoms with E-state index < -0.39 is 17.8 Å². The molecule has 1 saturated heterocycles. The molecular formula is C26H27BrClN3O3. The Morgan fingerprint density at radius 3 is 2.62 bits per heavy atom. The number of imide groups is 2. The van der Waals surface area contributed by atoms with Gasteiger partial charge in [0.05, 0.1) is 5.69 Å². The summed E-state index contributed by atoms with van der Waals surface area (Å²) in [7, 11) is 0. The molecule has 0 aliphatic carbocycles.